The van der Waals surface area contributed by atoms with E-state index in [9.17, 15) is 0 Å². The van der Waals surface area contributed by atoms with Crippen molar-refractivity contribution in [3.05, 3.63) is 17.4 Å². The van der Waals surface area contributed by atoms with Crippen LogP contribution in [0, 0.1) is 23.2 Å². The van der Waals surface area contributed by atoms with Crippen molar-refractivity contribution in [3.8, 4) is 0 Å². The Morgan fingerprint density at radius 3 is 2.35 bits per heavy atom. The van der Waals surface area contributed by atoms with Crippen molar-refractivity contribution >= 4 is 17.3 Å². The van der Waals surface area contributed by atoms with Gasteiger partial charge in [0.2, 0.25) is 0 Å². The molecule has 1 aromatic heterocycles. The topological polar surface area (TPSA) is 37.8 Å². The van der Waals surface area contributed by atoms with Crippen LogP contribution in [0.15, 0.2) is 12.3 Å². The maximum atomic E-state index is 5.93. The average Bonchev–Trinajstić information content (AvgIpc) is 2.37. The largest absolute Gasteiger partial charge is 0.381 e. The first kappa shape index (κ1) is 12.9. The van der Waals surface area contributed by atoms with Crippen molar-refractivity contribution < 1.29 is 0 Å². The Morgan fingerprint density at radius 2 is 1.80 bits per heavy atom. The Labute approximate surface area is 125 Å². The molecule has 108 valence electrons. The lowest BCUT2D eigenvalue weighted by atomic mass is 9.48. The summed E-state index contributed by atoms with van der Waals surface area (Å²) >= 11 is 5.93. The summed E-state index contributed by atoms with van der Waals surface area (Å²) in [5.41, 5.74) is 1.51. The maximum Gasteiger partial charge on any atom is 0.153 e. The molecule has 5 rings (SSSR count). The first-order chi connectivity index (χ1) is 9.63. The Balaban J connectivity index is 1.54. The number of nitrogens with one attached hydrogen (secondary N) is 1. The van der Waals surface area contributed by atoms with E-state index in [1.165, 1.54) is 38.5 Å². The van der Waals surface area contributed by atoms with E-state index in [4.69, 9.17) is 11.6 Å². The molecule has 4 aliphatic rings. The number of hydrogen-bond acceptors (Lipinski definition) is 3. The molecule has 0 saturated heterocycles. The third kappa shape index (κ3) is 2.11. The molecule has 0 radical (unpaired) electrons. The Bertz CT molecular complexity index is 481. The Hall–Kier alpha value is -0.830. The van der Waals surface area contributed by atoms with Crippen molar-refractivity contribution in [2.75, 3.05) is 5.32 Å². The van der Waals surface area contributed by atoms with E-state index in [1.54, 1.807) is 6.20 Å². The summed E-state index contributed by atoms with van der Waals surface area (Å²) in [6, 6.07) is 2.38. The highest BCUT2D eigenvalue weighted by molar-refractivity contribution is 6.29. The summed E-state index contributed by atoms with van der Waals surface area (Å²) in [4.78, 5) is 0. The Kier molecular flexibility index (Phi) is 2.95. The lowest BCUT2D eigenvalue weighted by Crippen LogP contribution is -2.52. The highest BCUT2D eigenvalue weighted by atomic mass is 35.5. The maximum absolute atomic E-state index is 5.93. The normalized spacial score (nSPS) is 39.8. The van der Waals surface area contributed by atoms with Crippen LogP contribution < -0.4 is 5.32 Å². The van der Waals surface area contributed by atoms with E-state index in [2.05, 4.69) is 22.4 Å². The third-order valence-corrected chi connectivity index (χ3v) is 6.20. The molecular formula is C16H22ClN3. The van der Waals surface area contributed by atoms with Crippen molar-refractivity contribution in [1.29, 1.82) is 0 Å². The molecule has 4 bridgehead atoms. The van der Waals surface area contributed by atoms with Gasteiger partial charge in [-0.1, -0.05) is 11.6 Å². The van der Waals surface area contributed by atoms with Crippen LogP contribution in [0.2, 0.25) is 5.15 Å². The number of aromatic nitrogens is 2. The summed E-state index contributed by atoms with van der Waals surface area (Å²) in [5.74, 6) is 2.97. The molecule has 1 aromatic rings. The number of halogens is 1. The smallest absolute Gasteiger partial charge is 0.153 e. The highest BCUT2D eigenvalue weighted by Gasteiger charge is 2.53. The first-order valence-corrected chi connectivity index (χ1v) is 8.25. The minimum Gasteiger partial charge on any atom is -0.381 e. The summed E-state index contributed by atoms with van der Waals surface area (Å²) in [6.07, 6.45) is 10.5. The fourth-order valence-electron chi connectivity index (χ4n) is 5.53. The zero-order chi connectivity index (χ0) is 13.7. The quantitative estimate of drug-likeness (QED) is 0.909. The molecule has 1 unspecified atom stereocenters. The third-order valence-electron chi connectivity index (χ3n) is 6.01. The number of anilines is 1. The van der Waals surface area contributed by atoms with Gasteiger partial charge in [-0.3, -0.25) is 0 Å². The average molecular weight is 292 g/mol. The SMILES string of the molecule is CC(Nc1cnnc(Cl)c1)C12CC3CC(CC(C3)C1)C2. The van der Waals surface area contributed by atoms with Crippen LogP contribution >= 0.6 is 11.6 Å². The number of rotatable bonds is 3. The summed E-state index contributed by atoms with van der Waals surface area (Å²) in [6.45, 7) is 2.35. The van der Waals surface area contributed by atoms with Gasteiger partial charge in [0.25, 0.3) is 0 Å². The molecule has 0 spiro atoms. The van der Waals surface area contributed by atoms with E-state index in [-0.39, 0.29) is 0 Å². The van der Waals surface area contributed by atoms with Crippen LogP contribution in [-0.4, -0.2) is 16.2 Å². The fraction of sp³-hybridized carbons (Fsp3) is 0.750. The van der Waals surface area contributed by atoms with Crippen LogP contribution in [0.3, 0.4) is 0 Å². The molecule has 0 aromatic carbocycles. The van der Waals surface area contributed by atoms with Gasteiger partial charge >= 0.3 is 0 Å². The van der Waals surface area contributed by atoms with E-state index in [0.717, 1.165) is 23.4 Å². The Morgan fingerprint density at radius 1 is 1.20 bits per heavy atom. The van der Waals surface area contributed by atoms with Crippen molar-refractivity contribution in [2.45, 2.75) is 51.5 Å². The van der Waals surface area contributed by atoms with Gasteiger partial charge in [0, 0.05) is 12.1 Å². The second kappa shape index (κ2) is 4.59. The van der Waals surface area contributed by atoms with Gasteiger partial charge in [0.1, 0.15) is 0 Å². The number of nitrogens with zero attached hydrogens (tertiary/aromatic N) is 2. The first-order valence-electron chi connectivity index (χ1n) is 7.88. The molecule has 1 heterocycles. The fourth-order valence-corrected chi connectivity index (χ4v) is 5.69. The minimum absolute atomic E-state index is 0.465. The van der Waals surface area contributed by atoms with Gasteiger partial charge < -0.3 is 5.32 Å². The molecule has 3 nitrogen and oxygen atoms in total. The van der Waals surface area contributed by atoms with Gasteiger partial charge in [-0.25, -0.2) is 0 Å². The van der Waals surface area contributed by atoms with Gasteiger partial charge in [-0.2, -0.15) is 5.10 Å². The van der Waals surface area contributed by atoms with Crippen molar-refractivity contribution in [2.24, 2.45) is 23.2 Å². The zero-order valence-corrected chi connectivity index (χ0v) is 12.7. The molecule has 4 heteroatoms. The van der Waals surface area contributed by atoms with Gasteiger partial charge in [-0.05, 0) is 68.6 Å². The van der Waals surface area contributed by atoms with Crippen molar-refractivity contribution in [1.82, 2.24) is 10.2 Å². The van der Waals surface area contributed by atoms with Gasteiger partial charge in [-0.15, -0.1) is 5.10 Å². The van der Waals surface area contributed by atoms with Crippen LogP contribution in [0.4, 0.5) is 5.69 Å². The molecule has 4 saturated carbocycles. The van der Waals surface area contributed by atoms with E-state index >= 15 is 0 Å². The molecule has 1 N–H and O–H groups in total. The second-order valence-corrected chi connectivity index (χ2v) is 7.80. The number of hydrogen-bond donors (Lipinski definition) is 1. The summed E-state index contributed by atoms with van der Waals surface area (Å²) in [5, 5.41) is 11.9. The predicted molar refractivity (Wildman–Crippen MR) is 80.7 cm³/mol. The molecule has 0 aliphatic heterocycles. The predicted octanol–water partition coefficient (Wildman–Crippen LogP) is 4.15. The standard InChI is InChI=1S/C16H22ClN3/c1-10(19-14-5-15(17)20-18-9-14)16-6-11-2-12(7-16)4-13(3-11)8-16/h5,9-13H,2-4,6-8H2,1H3,(H,19,20). The zero-order valence-electron chi connectivity index (χ0n) is 12.0. The van der Waals surface area contributed by atoms with Gasteiger partial charge in [0.15, 0.2) is 5.15 Å². The molecular weight excluding hydrogens is 270 g/mol. The van der Waals surface area contributed by atoms with Crippen LogP contribution in [0.5, 0.6) is 0 Å². The van der Waals surface area contributed by atoms with Gasteiger partial charge in [0.05, 0.1) is 11.9 Å². The van der Waals surface area contributed by atoms with E-state index < -0.39 is 0 Å². The van der Waals surface area contributed by atoms with Crippen molar-refractivity contribution in [3.63, 3.8) is 0 Å². The minimum atomic E-state index is 0.465. The van der Waals surface area contributed by atoms with Crippen LogP contribution in [-0.2, 0) is 0 Å². The molecule has 4 aliphatic carbocycles. The highest BCUT2D eigenvalue weighted by Crippen LogP contribution is 2.61. The molecule has 1 atom stereocenters. The van der Waals surface area contributed by atoms with E-state index in [0.29, 0.717) is 16.6 Å². The van der Waals surface area contributed by atoms with E-state index in [1.807, 2.05) is 6.07 Å². The van der Waals surface area contributed by atoms with Crippen LogP contribution in [0.1, 0.15) is 45.4 Å². The monoisotopic (exact) mass is 291 g/mol. The lowest BCUT2D eigenvalue weighted by Gasteiger charge is -2.59. The molecule has 4 fully saturated rings. The summed E-state index contributed by atoms with van der Waals surface area (Å²) < 4.78 is 0. The summed E-state index contributed by atoms with van der Waals surface area (Å²) in [7, 11) is 0. The lowest BCUT2D eigenvalue weighted by molar-refractivity contribution is -0.0602. The molecule has 0 amide bonds. The van der Waals surface area contributed by atoms with Crippen LogP contribution in [0.25, 0.3) is 0 Å². The second-order valence-electron chi connectivity index (χ2n) is 7.41. The molecule has 20 heavy (non-hydrogen) atoms.